The molecule has 2 atom stereocenters. The standard InChI is InChI=1S/C16H23NO/c1-12-6-7-16(18)14(10-12)11-17-9-8-13-4-2-3-5-15(13)17/h6-7,10,13,15,18H,2-5,8-9,11H2,1H3. The molecule has 1 saturated heterocycles. The molecule has 2 fully saturated rings. The molecule has 1 heterocycles. The molecule has 2 unspecified atom stereocenters. The first-order chi connectivity index (χ1) is 8.74. The zero-order valence-corrected chi connectivity index (χ0v) is 11.2. The summed E-state index contributed by atoms with van der Waals surface area (Å²) in [7, 11) is 0. The van der Waals surface area contributed by atoms with Gasteiger partial charge in [0.1, 0.15) is 5.75 Å². The van der Waals surface area contributed by atoms with Crippen LogP contribution >= 0.6 is 0 Å². The highest BCUT2D eigenvalue weighted by Crippen LogP contribution is 2.37. The van der Waals surface area contributed by atoms with Gasteiger partial charge in [0.15, 0.2) is 0 Å². The van der Waals surface area contributed by atoms with E-state index in [2.05, 4.69) is 17.9 Å². The highest BCUT2D eigenvalue weighted by atomic mass is 16.3. The Balaban J connectivity index is 1.74. The molecule has 98 valence electrons. The molecule has 3 rings (SSSR count). The maximum Gasteiger partial charge on any atom is 0.120 e. The van der Waals surface area contributed by atoms with E-state index >= 15 is 0 Å². The number of aryl methyl sites for hydroxylation is 1. The zero-order valence-electron chi connectivity index (χ0n) is 11.2. The average Bonchev–Trinajstić information content (AvgIpc) is 2.78. The molecular weight excluding hydrogens is 222 g/mol. The van der Waals surface area contributed by atoms with Gasteiger partial charge in [-0.1, -0.05) is 30.5 Å². The zero-order chi connectivity index (χ0) is 12.5. The summed E-state index contributed by atoms with van der Waals surface area (Å²) in [4.78, 5) is 2.60. The first kappa shape index (κ1) is 12.0. The van der Waals surface area contributed by atoms with Crippen molar-refractivity contribution in [3.63, 3.8) is 0 Å². The van der Waals surface area contributed by atoms with Crippen LogP contribution in [-0.4, -0.2) is 22.6 Å². The largest absolute Gasteiger partial charge is 0.508 e. The molecule has 1 aromatic carbocycles. The number of phenols is 1. The van der Waals surface area contributed by atoms with E-state index in [0.29, 0.717) is 5.75 Å². The molecule has 1 N–H and O–H groups in total. The van der Waals surface area contributed by atoms with E-state index in [0.717, 1.165) is 24.1 Å². The quantitative estimate of drug-likeness (QED) is 0.862. The minimum atomic E-state index is 0.458. The van der Waals surface area contributed by atoms with Crippen molar-refractivity contribution in [2.24, 2.45) is 5.92 Å². The van der Waals surface area contributed by atoms with Gasteiger partial charge in [-0.05, 0) is 44.7 Å². The minimum absolute atomic E-state index is 0.458. The van der Waals surface area contributed by atoms with Crippen LogP contribution in [-0.2, 0) is 6.54 Å². The Bertz CT molecular complexity index is 429. The summed E-state index contributed by atoms with van der Waals surface area (Å²) in [6, 6.07) is 6.72. The van der Waals surface area contributed by atoms with Crippen LogP contribution in [0.4, 0.5) is 0 Å². The third-order valence-corrected chi connectivity index (χ3v) is 4.73. The number of hydrogen-bond acceptors (Lipinski definition) is 2. The average molecular weight is 245 g/mol. The number of aromatic hydroxyl groups is 1. The number of fused-ring (bicyclic) bond motifs is 1. The van der Waals surface area contributed by atoms with Gasteiger partial charge in [-0.3, -0.25) is 4.90 Å². The third-order valence-electron chi connectivity index (χ3n) is 4.73. The number of nitrogens with zero attached hydrogens (tertiary/aromatic N) is 1. The van der Waals surface area contributed by atoms with Crippen LogP contribution in [0.2, 0.25) is 0 Å². The van der Waals surface area contributed by atoms with Gasteiger partial charge in [0, 0.05) is 18.2 Å². The van der Waals surface area contributed by atoms with Crippen molar-refractivity contribution >= 4 is 0 Å². The van der Waals surface area contributed by atoms with Gasteiger partial charge >= 0.3 is 0 Å². The van der Waals surface area contributed by atoms with E-state index in [1.807, 2.05) is 12.1 Å². The third kappa shape index (κ3) is 2.26. The topological polar surface area (TPSA) is 23.5 Å². The van der Waals surface area contributed by atoms with Gasteiger partial charge in [-0.15, -0.1) is 0 Å². The lowest BCUT2D eigenvalue weighted by Gasteiger charge is -2.31. The van der Waals surface area contributed by atoms with Crippen molar-refractivity contribution < 1.29 is 5.11 Å². The Kier molecular flexibility index (Phi) is 3.29. The van der Waals surface area contributed by atoms with Crippen LogP contribution in [0.5, 0.6) is 5.75 Å². The molecule has 1 saturated carbocycles. The van der Waals surface area contributed by atoms with E-state index in [1.165, 1.54) is 44.2 Å². The Labute approximate surface area is 110 Å². The number of benzene rings is 1. The molecule has 0 amide bonds. The van der Waals surface area contributed by atoms with E-state index in [1.54, 1.807) is 0 Å². The fraction of sp³-hybridized carbons (Fsp3) is 0.625. The molecule has 1 aromatic rings. The summed E-state index contributed by atoms with van der Waals surface area (Å²) in [6.07, 6.45) is 6.94. The van der Waals surface area contributed by atoms with Gasteiger partial charge in [0.05, 0.1) is 0 Å². The number of likely N-dealkylation sites (tertiary alicyclic amines) is 1. The van der Waals surface area contributed by atoms with Gasteiger partial charge in [-0.25, -0.2) is 0 Å². The van der Waals surface area contributed by atoms with Gasteiger partial charge in [0.25, 0.3) is 0 Å². The molecule has 2 nitrogen and oxygen atoms in total. The smallest absolute Gasteiger partial charge is 0.120 e. The Morgan fingerprint density at radius 2 is 2.06 bits per heavy atom. The number of rotatable bonds is 2. The fourth-order valence-electron chi connectivity index (χ4n) is 3.76. The summed E-state index contributed by atoms with van der Waals surface area (Å²) in [5, 5.41) is 9.96. The van der Waals surface area contributed by atoms with Crippen molar-refractivity contribution in [1.82, 2.24) is 4.90 Å². The second-order valence-corrected chi connectivity index (χ2v) is 6.00. The molecule has 0 radical (unpaired) electrons. The van der Waals surface area contributed by atoms with Crippen LogP contribution in [0, 0.1) is 12.8 Å². The maximum absolute atomic E-state index is 9.96. The predicted molar refractivity (Wildman–Crippen MR) is 73.6 cm³/mol. The summed E-state index contributed by atoms with van der Waals surface area (Å²) < 4.78 is 0. The lowest BCUT2D eigenvalue weighted by Crippen LogP contribution is -2.34. The van der Waals surface area contributed by atoms with Crippen molar-refractivity contribution in [2.75, 3.05) is 6.54 Å². The van der Waals surface area contributed by atoms with Crippen LogP contribution in [0.25, 0.3) is 0 Å². The van der Waals surface area contributed by atoms with Crippen LogP contribution in [0.3, 0.4) is 0 Å². The SMILES string of the molecule is Cc1ccc(O)c(CN2CCC3CCCCC32)c1. The number of phenolic OH excluding ortho intramolecular Hbond substituents is 1. The molecule has 1 aliphatic heterocycles. The second kappa shape index (κ2) is 4.93. The van der Waals surface area contributed by atoms with E-state index in [-0.39, 0.29) is 0 Å². The monoisotopic (exact) mass is 245 g/mol. The second-order valence-electron chi connectivity index (χ2n) is 6.00. The Morgan fingerprint density at radius 3 is 2.94 bits per heavy atom. The van der Waals surface area contributed by atoms with E-state index in [9.17, 15) is 5.11 Å². The lowest BCUT2D eigenvalue weighted by atomic mass is 9.85. The Morgan fingerprint density at radius 1 is 1.22 bits per heavy atom. The highest BCUT2D eigenvalue weighted by molar-refractivity contribution is 5.35. The molecule has 0 bridgehead atoms. The van der Waals surface area contributed by atoms with Crippen LogP contribution in [0.1, 0.15) is 43.2 Å². The van der Waals surface area contributed by atoms with Crippen molar-refractivity contribution in [3.05, 3.63) is 29.3 Å². The fourth-order valence-corrected chi connectivity index (χ4v) is 3.76. The first-order valence-corrected chi connectivity index (χ1v) is 7.26. The minimum Gasteiger partial charge on any atom is -0.508 e. The molecule has 0 spiro atoms. The predicted octanol–water partition coefficient (Wildman–Crippen LogP) is 3.47. The van der Waals surface area contributed by atoms with Crippen molar-refractivity contribution in [2.45, 2.75) is 51.6 Å². The normalized spacial score (nSPS) is 28.3. The summed E-state index contributed by atoms with van der Waals surface area (Å²) >= 11 is 0. The van der Waals surface area contributed by atoms with E-state index < -0.39 is 0 Å². The first-order valence-electron chi connectivity index (χ1n) is 7.26. The molecule has 18 heavy (non-hydrogen) atoms. The molecule has 2 aliphatic rings. The Hall–Kier alpha value is -1.02. The lowest BCUT2D eigenvalue weighted by molar-refractivity contribution is 0.174. The van der Waals surface area contributed by atoms with Gasteiger partial charge in [0.2, 0.25) is 0 Å². The molecule has 0 aromatic heterocycles. The molecular formula is C16H23NO. The summed E-state index contributed by atoms with van der Waals surface area (Å²) in [5.74, 6) is 1.38. The van der Waals surface area contributed by atoms with Crippen molar-refractivity contribution in [3.8, 4) is 5.75 Å². The molecule has 2 heteroatoms. The van der Waals surface area contributed by atoms with Gasteiger partial charge in [-0.2, -0.15) is 0 Å². The maximum atomic E-state index is 9.96. The van der Waals surface area contributed by atoms with Crippen molar-refractivity contribution in [1.29, 1.82) is 0 Å². The number of hydrogen-bond donors (Lipinski definition) is 1. The molecule has 1 aliphatic carbocycles. The van der Waals surface area contributed by atoms with Crippen LogP contribution in [0.15, 0.2) is 18.2 Å². The summed E-state index contributed by atoms with van der Waals surface area (Å²) in [6.45, 7) is 4.23. The van der Waals surface area contributed by atoms with Crippen LogP contribution < -0.4 is 0 Å². The highest BCUT2D eigenvalue weighted by Gasteiger charge is 2.35. The van der Waals surface area contributed by atoms with Gasteiger partial charge < -0.3 is 5.11 Å². The van der Waals surface area contributed by atoms with E-state index in [4.69, 9.17) is 0 Å². The summed E-state index contributed by atoms with van der Waals surface area (Å²) in [5.41, 5.74) is 2.34.